The van der Waals surface area contributed by atoms with Crippen molar-refractivity contribution in [3.63, 3.8) is 0 Å². The summed E-state index contributed by atoms with van der Waals surface area (Å²) >= 11 is 5.68. The molecule has 0 aliphatic carbocycles. The lowest BCUT2D eigenvalue weighted by Gasteiger charge is -2.06. The Bertz CT molecular complexity index is 319. The molecule has 1 N–H and O–H groups in total. The number of amides is 1. The molecule has 1 aromatic rings. The van der Waals surface area contributed by atoms with Crippen molar-refractivity contribution in [2.45, 2.75) is 13.0 Å². The maximum atomic E-state index is 11.4. The van der Waals surface area contributed by atoms with Crippen LogP contribution in [0.3, 0.4) is 0 Å². The van der Waals surface area contributed by atoms with Crippen molar-refractivity contribution < 1.29 is 9.21 Å². The largest absolute Gasteiger partial charge is 0.458 e. The van der Waals surface area contributed by atoms with Crippen LogP contribution in [0, 0.1) is 0 Å². The quantitative estimate of drug-likeness (QED) is 0.759. The fourth-order valence-electron chi connectivity index (χ4n) is 0.787. The van der Waals surface area contributed by atoms with Gasteiger partial charge in [-0.25, -0.2) is 0 Å². The maximum absolute atomic E-state index is 11.4. The van der Waals surface area contributed by atoms with Gasteiger partial charge in [-0.15, -0.1) is 6.58 Å². The van der Waals surface area contributed by atoms with Gasteiger partial charge in [-0.2, -0.15) is 0 Å². The van der Waals surface area contributed by atoms with E-state index in [-0.39, 0.29) is 17.7 Å². The standard InChI is InChI=1S/C9H10ClNO2/c1-3-6(2)11-9(12)8-7(10)4-5-13-8/h3-6H,1H2,2H3,(H,11,12). The summed E-state index contributed by atoms with van der Waals surface area (Å²) in [6, 6.07) is 1.42. The molecule has 0 aliphatic rings. The van der Waals surface area contributed by atoms with Crippen molar-refractivity contribution in [2.24, 2.45) is 0 Å². The van der Waals surface area contributed by atoms with Gasteiger partial charge in [-0.3, -0.25) is 4.79 Å². The third kappa shape index (κ3) is 2.36. The zero-order valence-corrected chi connectivity index (χ0v) is 7.97. The second-order valence-electron chi connectivity index (χ2n) is 2.60. The van der Waals surface area contributed by atoms with Crippen molar-refractivity contribution >= 4 is 17.5 Å². The highest BCUT2D eigenvalue weighted by molar-refractivity contribution is 6.33. The highest BCUT2D eigenvalue weighted by Gasteiger charge is 2.14. The number of carbonyl (C=O) groups excluding carboxylic acids is 1. The lowest BCUT2D eigenvalue weighted by Crippen LogP contribution is -2.30. The molecule has 1 aromatic heterocycles. The van der Waals surface area contributed by atoms with Gasteiger partial charge in [0.15, 0.2) is 0 Å². The molecule has 1 atom stereocenters. The Hall–Kier alpha value is -1.22. The zero-order chi connectivity index (χ0) is 9.84. The number of rotatable bonds is 3. The second kappa shape index (κ2) is 4.14. The van der Waals surface area contributed by atoms with Gasteiger partial charge >= 0.3 is 0 Å². The molecule has 0 fully saturated rings. The van der Waals surface area contributed by atoms with Crippen molar-refractivity contribution in [1.29, 1.82) is 0 Å². The van der Waals surface area contributed by atoms with Crippen LogP contribution in [0.2, 0.25) is 5.02 Å². The Kier molecular flexibility index (Phi) is 3.14. The summed E-state index contributed by atoms with van der Waals surface area (Å²) in [5.74, 6) is -0.197. The van der Waals surface area contributed by atoms with Crippen LogP contribution in [0.5, 0.6) is 0 Å². The monoisotopic (exact) mass is 199 g/mol. The first-order chi connectivity index (χ1) is 6.15. The van der Waals surface area contributed by atoms with Gasteiger partial charge in [0.2, 0.25) is 5.76 Å². The minimum atomic E-state index is -0.331. The Balaban J connectivity index is 2.69. The minimum absolute atomic E-state index is 0.103. The third-order valence-corrected chi connectivity index (χ3v) is 1.83. The molecule has 1 amide bonds. The summed E-state index contributed by atoms with van der Waals surface area (Å²) in [5.41, 5.74) is 0. The second-order valence-corrected chi connectivity index (χ2v) is 3.00. The third-order valence-electron chi connectivity index (χ3n) is 1.54. The summed E-state index contributed by atoms with van der Waals surface area (Å²) in [5, 5.41) is 2.95. The summed E-state index contributed by atoms with van der Waals surface area (Å²) in [4.78, 5) is 11.4. The van der Waals surface area contributed by atoms with Gasteiger partial charge in [-0.1, -0.05) is 17.7 Å². The Morgan fingerprint density at radius 1 is 1.85 bits per heavy atom. The summed E-state index contributed by atoms with van der Waals surface area (Å²) < 4.78 is 4.89. The zero-order valence-electron chi connectivity index (χ0n) is 7.21. The Morgan fingerprint density at radius 2 is 2.54 bits per heavy atom. The van der Waals surface area contributed by atoms with Crippen molar-refractivity contribution in [2.75, 3.05) is 0 Å². The van der Waals surface area contributed by atoms with Crippen molar-refractivity contribution in [1.82, 2.24) is 5.32 Å². The van der Waals surface area contributed by atoms with E-state index in [1.165, 1.54) is 12.3 Å². The van der Waals surface area contributed by atoms with Gasteiger partial charge in [0.05, 0.1) is 11.3 Å². The molecule has 0 saturated heterocycles. The Labute approximate surface area is 81.4 Å². The molecule has 0 bridgehead atoms. The predicted molar refractivity (Wildman–Crippen MR) is 50.8 cm³/mol. The molecular formula is C9H10ClNO2. The lowest BCUT2D eigenvalue weighted by atomic mass is 10.3. The first-order valence-corrected chi connectivity index (χ1v) is 4.19. The van der Waals surface area contributed by atoms with E-state index in [1.54, 1.807) is 6.08 Å². The van der Waals surface area contributed by atoms with E-state index in [1.807, 2.05) is 6.92 Å². The smallest absolute Gasteiger partial charge is 0.289 e. The molecule has 0 spiro atoms. The predicted octanol–water partition coefficient (Wildman–Crippen LogP) is 2.24. The van der Waals surface area contributed by atoms with Gasteiger partial charge in [0, 0.05) is 6.04 Å². The molecule has 1 rings (SSSR count). The van der Waals surface area contributed by atoms with Crippen LogP contribution in [-0.2, 0) is 0 Å². The minimum Gasteiger partial charge on any atom is -0.458 e. The molecule has 1 unspecified atom stereocenters. The summed E-state index contributed by atoms with van der Waals surface area (Å²) in [7, 11) is 0. The van der Waals surface area contributed by atoms with Gasteiger partial charge < -0.3 is 9.73 Å². The van der Waals surface area contributed by atoms with Crippen LogP contribution in [0.4, 0.5) is 0 Å². The molecule has 0 aromatic carbocycles. The fraction of sp³-hybridized carbons (Fsp3) is 0.222. The molecule has 1 heterocycles. The maximum Gasteiger partial charge on any atom is 0.289 e. The van der Waals surface area contributed by atoms with E-state index < -0.39 is 0 Å². The first-order valence-electron chi connectivity index (χ1n) is 3.81. The van der Waals surface area contributed by atoms with E-state index in [0.717, 1.165) is 0 Å². The van der Waals surface area contributed by atoms with Crippen LogP contribution >= 0.6 is 11.6 Å². The number of hydrogen-bond donors (Lipinski definition) is 1. The first kappa shape index (κ1) is 9.86. The van der Waals surface area contributed by atoms with Crippen molar-refractivity contribution in [3.8, 4) is 0 Å². The highest BCUT2D eigenvalue weighted by atomic mass is 35.5. The summed E-state index contributed by atoms with van der Waals surface area (Å²) in [6.07, 6.45) is 2.99. The molecule has 3 nitrogen and oxygen atoms in total. The van der Waals surface area contributed by atoms with Crippen LogP contribution in [0.15, 0.2) is 29.4 Å². The molecule has 0 saturated carbocycles. The van der Waals surface area contributed by atoms with Gasteiger partial charge in [-0.05, 0) is 13.0 Å². The average Bonchev–Trinajstić information content (AvgIpc) is 2.51. The number of nitrogens with one attached hydrogen (secondary N) is 1. The fourth-order valence-corrected chi connectivity index (χ4v) is 0.969. The van der Waals surface area contributed by atoms with Gasteiger partial charge in [0.25, 0.3) is 5.91 Å². The number of hydrogen-bond acceptors (Lipinski definition) is 2. The van der Waals surface area contributed by atoms with E-state index >= 15 is 0 Å². The van der Waals surface area contributed by atoms with Crippen LogP contribution < -0.4 is 5.32 Å². The molecule has 70 valence electrons. The lowest BCUT2D eigenvalue weighted by molar-refractivity contribution is 0.0919. The van der Waals surface area contributed by atoms with Crippen LogP contribution in [0.1, 0.15) is 17.5 Å². The normalized spacial score (nSPS) is 12.2. The Morgan fingerprint density at radius 3 is 3.00 bits per heavy atom. The number of furan rings is 1. The van der Waals surface area contributed by atoms with E-state index in [2.05, 4.69) is 11.9 Å². The van der Waals surface area contributed by atoms with E-state index in [0.29, 0.717) is 5.02 Å². The molecular weight excluding hydrogens is 190 g/mol. The number of carbonyl (C=O) groups is 1. The van der Waals surface area contributed by atoms with E-state index in [9.17, 15) is 4.79 Å². The SMILES string of the molecule is C=CC(C)NC(=O)c1occc1Cl. The van der Waals surface area contributed by atoms with Crippen molar-refractivity contribution in [3.05, 3.63) is 35.8 Å². The van der Waals surface area contributed by atoms with Crippen LogP contribution in [-0.4, -0.2) is 11.9 Å². The molecule has 0 aliphatic heterocycles. The topological polar surface area (TPSA) is 42.2 Å². The molecule has 4 heteroatoms. The highest BCUT2D eigenvalue weighted by Crippen LogP contribution is 2.16. The van der Waals surface area contributed by atoms with Gasteiger partial charge in [0.1, 0.15) is 0 Å². The molecule has 13 heavy (non-hydrogen) atoms. The number of halogens is 1. The molecule has 0 radical (unpaired) electrons. The average molecular weight is 200 g/mol. The summed E-state index contributed by atoms with van der Waals surface area (Å²) in [6.45, 7) is 5.35. The van der Waals surface area contributed by atoms with Crippen LogP contribution in [0.25, 0.3) is 0 Å². The van der Waals surface area contributed by atoms with E-state index in [4.69, 9.17) is 16.0 Å².